The Bertz CT molecular complexity index is 316. The third kappa shape index (κ3) is 3.30. The van der Waals surface area contributed by atoms with E-state index in [0.29, 0.717) is 10.6 Å². The molecule has 0 heterocycles. The molecule has 1 N–H and O–H groups in total. The molecule has 0 atom stereocenters. The van der Waals surface area contributed by atoms with Gasteiger partial charge in [0.15, 0.2) is 0 Å². The highest BCUT2D eigenvalue weighted by atomic mass is 35.5. The third-order valence-corrected chi connectivity index (χ3v) is 1.75. The van der Waals surface area contributed by atoms with Crippen LogP contribution >= 0.6 is 11.6 Å². The van der Waals surface area contributed by atoms with Crippen molar-refractivity contribution in [3.05, 3.63) is 41.1 Å². The number of carbonyl (C=O) groups is 1. The van der Waals surface area contributed by atoms with E-state index in [0.717, 1.165) is 12.0 Å². The van der Waals surface area contributed by atoms with Crippen molar-refractivity contribution >= 4 is 23.6 Å². The molecule has 0 radical (unpaired) electrons. The highest BCUT2D eigenvalue weighted by Crippen LogP contribution is 2.13. The summed E-state index contributed by atoms with van der Waals surface area (Å²) in [5.41, 5.74) is 1.56. The number of benzene rings is 1. The van der Waals surface area contributed by atoms with E-state index in [2.05, 4.69) is 5.32 Å². The van der Waals surface area contributed by atoms with Gasteiger partial charge in [-0.25, -0.2) is 0 Å². The monoisotopic (exact) mass is 195 g/mol. The van der Waals surface area contributed by atoms with E-state index in [-0.39, 0.29) is 0 Å². The number of allylic oxidation sites excluding steroid dienone is 1. The van der Waals surface area contributed by atoms with Crippen molar-refractivity contribution in [3.8, 4) is 0 Å². The number of anilines is 1. The lowest BCUT2D eigenvalue weighted by molar-refractivity contribution is -0.104. The molecule has 0 unspecified atom stereocenters. The summed E-state index contributed by atoms with van der Waals surface area (Å²) < 4.78 is 0. The van der Waals surface area contributed by atoms with Crippen molar-refractivity contribution in [2.24, 2.45) is 0 Å². The molecule has 0 saturated carbocycles. The van der Waals surface area contributed by atoms with Gasteiger partial charge in [-0.1, -0.05) is 11.6 Å². The lowest BCUT2D eigenvalue weighted by Gasteiger charge is -2.00. The highest BCUT2D eigenvalue weighted by molar-refractivity contribution is 6.30. The van der Waals surface area contributed by atoms with Crippen LogP contribution in [0.5, 0.6) is 0 Å². The van der Waals surface area contributed by atoms with Crippen LogP contribution in [0.2, 0.25) is 5.02 Å². The van der Waals surface area contributed by atoms with Crippen molar-refractivity contribution in [1.29, 1.82) is 0 Å². The first-order chi connectivity index (χ1) is 6.22. The molecule has 1 rings (SSSR count). The number of hydrogen-bond acceptors (Lipinski definition) is 2. The molecule has 0 fully saturated rings. The van der Waals surface area contributed by atoms with Gasteiger partial charge in [-0.05, 0) is 31.2 Å². The molecular weight excluding hydrogens is 186 g/mol. The summed E-state index contributed by atoms with van der Waals surface area (Å²) in [4.78, 5) is 10.3. The van der Waals surface area contributed by atoms with Crippen LogP contribution < -0.4 is 5.32 Å². The molecule has 0 amide bonds. The average Bonchev–Trinajstić information content (AvgIpc) is 2.16. The molecule has 3 heteroatoms. The Balaban J connectivity index is 2.65. The van der Waals surface area contributed by atoms with Crippen LogP contribution in [0, 0.1) is 0 Å². The standard InChI is InChI=1S/C10H10ClNO/c1-8(7-13)6-12-10-4-2-9(11)3-5-10/h2-7,12H,1H3/b8-6+. The first-order valence-corrected chi connectivity index (χ1v) is 4.24. The van der Waals surface area contributed by atoms with Gasteiger partial charge in [0.25, 0.3) is 0 Å². The quantitative estimate of drug-likeness (QED) is 0.594. The Labute approximate surface area is 82.2 Å². The fraction of sp³-hybridized carbons (Fsp3) is 0.100. The minimum Gasteiger partial charge on any atom is -0.361 e. The summed E-state index contributed by atoms with van der Waals surface area (Å²) in [5, 5.41) is 3.67. The Hall–Kier alpha value is -1.28. The third-order valence-electron chi connectivity index (χ3n) is 1.50. The van der Waals surface area contributed by atoms with Gasteiger partial charge in [-0.2, -0.15) is 0 Å². The van der Waals surface area contributed by atoms with Crippen LogP contribution in [0.1, 0.15) is 6.92 Å². The lowest BCUT2D eigenvalue weighted by Crippen LogP contribution is -1.89. The van der Waals surface area contributed by atoms with Crippen molar-refractivity contribution in [3.63, 3.8) is 0 Å². The van der Waals surface area contributed by atoms with Crippen molar-refractivity contribution in [1.82, 2.24) is 0 Å². The molecule has 0 saturated heterocycles. The SMILES string of the molecule is C/C(C=O)=C\Nc1ccc(Cl)cc1. The van der Waals surface area contributed by atoms with Crippen molar-refractivity contribution in [2.45, 2.75) is 6.92 Å². The highest BCUT2D eigenvalue weighted by Gasteiger charge is 1.89. The Morgan fingerprint density at radius 2 is 2.00 bits per heavy atom. The summed E-state index contributed by atoms with van der Waals surface area (Å²) in [7, 11) is 0. The Morgan fingerprint density at radius 1 is 1.38 bits per heavy atom. The maximum absolute atomic E-state index is 10.3. The van der Waals surface area contributed by atoms with Gasteiger partial charge in [0.2, 0.25) is 0 Å². The smallest absolute Gasteiger partial charge is 0.147 e. The van der Waals surface area contributed by atoms with Crippen LogP contribution in [-0.2, 0) is 4.79 Å². The average molecular weight is 196 g/mol. The topological polar surface area (TPSA) is 29.1 Å². The maximum Gasteiger partial charge on any atom is 0.147 e. The van der Waals surface area contributed by atoms with Gasteiger partial charge >= 0.3 is 0 Å². The molecule has 1 aromatic carbocycles. The van der Waals surface area contributed by atoms with Crippen LogP contribution in [0.3, 0.4) is 0 Å². The molecule has 0 spiro atoms. The van der Waals surface area contributed by atoms with Crippen LogP contribution in [0.15, 0.2) is 36.0 Å². The number of carbonyl (C=O) groups excluding carboxylic acids is 1. The van der Waals surface area contributed by atoms with Crippen LogP contribution in [0.25, 0.3) is 0 Å². The van der Waals surface area contributed by atoms with E-state index < -0.39 is 0 Å². The summed E-state index contributed by atoms with van der Waals surface area (Å²) in [5.74, 6) is 0. The molecule has 0 aliphatic heterocycles. The fourth-order valence-corrected chi connectivity index (χ4v) is 0.903. The Morgan fingerprint density at radius 3 is 2.54 bits per heavy atom. The first kappa shape index (κ1) is 9.81. The van der Waals surface area contributed by atoms with Crippen molar-refractivity contribution < 1.29 is 4.79 Å². The molecule has 0 aromatic heterocycles. The second kappa shape index (κ2) is 4.67. The number of rotatable bonds is 3. The van der Waals surface area contributed by atoms with Gasteiger partial charge in [-0.15, -0.1) is 0 Å². The summed E-state index contributed by atoms with van der Waals surface area (Å²) in [6, 6.07) is 7.26. The zero-order chi connectivity index (χ0) is 9.68. The molecule has 0 aliphatic carbocycles. The minimum absolute atomic E-state index is 0.648. The number of aldehydes is 1. The summed E-state index contributed by atoms with van der Waals surface area (Å²) >= 11 is 5.70. The van der Waals surface area contributed by atoms with E-state index in [1.165, 1.54) is 0 Å². The molecule has 0 aliphatic rings. The minimum atomic E-state index is 0.648. The van der Waals surface area contributed by atoms with E-state index in [1.54, 1.807) is 25.3 Å². The molecule has 13 heavy (non-hydrogen) atoms. The van der Waals surface area contributed by atoms with E-state index in [4.69, 9.17) is 11.6 Å². The predicted octanol–water partition coefficient (Wildman–Crippen LogP) is 2.85. The molecule has 2 nitrogen and oxygen atoms in total. The van der Waals surface area contributed by atoms with Gasteiger partial charge < -0.3 is 5.32 Å². The lowest BCUT2D eigenvalue weighted by atomic mass is 10.3. The van der Waals surface area contributed by atoms with Gasteiger partial charge in [0, 0.05) is 22.5 Å². The molecular formula is C10H10ClNO. The largest absolute Gasteiger partial charge is 0.361 e. The zero-order valence-corrected chi connectivity index (χ0v) is 8.01. The number of halogens is 1. The second-order valence-electron chi connectivity index (χ2n) is 2.66. The zero-order valence-electron chi connectivity index (χ0n) is 7.25. The first-order valence-electron chi connectivity index (χ1n) is 3.86. The molecule has 68 valence electrons. The Kier molecular flexibility index (Phi) is 3.53. The maximum atomic E-state index is 10.3. The number of hydrogen-bond donors (Lipinski definition) is 1. The van der Waals surface area contributed by atoms with Gasteiger partial charge in [0.05, 0.1) is 0 Å². The normalized spacial score (nSPS) is 11.1. The van der Waals surface area contributed by atoms with E-state index in [9.17, 15) is 4.79 Å². The van der Waals surface area contributed by atoms with Crippen molar-refractivity contribution in [2.75, 3.05) is 5.32 Å². The number of nitrogens with one attached hydrogen (secondary N) is 1. The fourth-order valence-electron chi connectivity index (χ4n) is 0.777. The van der Waals surface area contributed by atoms with E-state index in [1.807, 2.05) is 12.1 Å². The predicted molar refractivity (Wildman–Crippen MR) is 54.9 cm³/mol. The summed E-state index contributed by atoms with van der Waals surface area (Å²) in [6.45, 7) is 1.73. The molecule has 1 aromatic rings. The summed E-state index contributed by atoms with van der Waals surface area (Å²) in [6.07, 6.45) is 2.44. The van der Waals surface area contributed by atoms with Gasteiger partial charge in [-0.3, -0.25) is 4.79 Å². The van der Waals surface area contributed by atoms with Gasteiger partial charge in [0.1, 0.15) is 6.29 Å². The molecule has 0 bridgehead atoms. The van der Waals surface area contributed by atoms with Crippen LogP contribution in [-0.4, -0.2) is 6.29 Å². The van der Waals surface area contributed by atoms with Crippen LogP contribution in [0.4, 0.5) is 5.69 Å². The second-order valence-corrected chi connectivity index (χ2v) is 3.09. The van der Waals surface area contributed by atoms with E-state index >= 15 is 0 Å².